The Kier molecular flexibility index (Phi) is 8.37. The molecule has 0 bridgehead atoms. The van der Waals surface area contributed by atoms with E-state index in [2.05, 4.69) is 21.4 Å². The van der Waals surface area contributed by atoms with Crippen LogP contribution in [0.2, 0.25) is 5.02 Å². The molecular weight excluding hydrogens is 561 g/mol. The number of halogens is 2. The van der Waals surface area contributed by atoms with Crippen molar-refractivity contribution in [3.63, 3.8) is 0 Å². The van der Waals surface area contributed by atoms with Crippen LogP contribution in [0.5, 0.6) is 5.88 Å². The Morgan fingerprint density at radius 3 is 2.64 bits per heavy atom. The normalized spacial score (nSPS) is 18.5. The Balaban J connectivity index is 1.14. The van der Waals surface area contributed by atoms with Gasteiger partial charge in [-0.2, -0.15) is 0 Å². The van der Waals surface area contributed by atoms with E-state index >= 15 is 0 Å². The summed E-state index contributed by atoms with van der Waals surface area (Å²) < 4.78 is 32.7. The number of carbonyl (C=O) groups excluding carboxylic acids is 1. The van der Waals surface area contributed by atoms with Gasteiger partial charge < -0.3 is 18.8 Å². The van der Waals surface area contributed by atoms with Gasteiger partial charge in [-0.25, -0.2) is 24.1 Å². The molecular formula is C31H33ClFN5O4. The van der Waals surface area contributed by atoms with E-state index in [1.807, 2.05) is 18.2 Å². The van der Waals surface area contributed by atoms with Gasteiger partial charge in [0.05, 0.1) is 25.8 Å². The van der Waals surface area contributed by atoms with Crippen molar-refractivity contribution in [2.75, 3.05) is 26.8 Å². The van der Waals surface area contributed by atoms with Crippen molar-refractivity contribution in [2.45, 2.75) is 57.4 Å². The Bertz CT molecular complexity index is 1590. The highest BCUT2D eigenvalue weighted by atomic mass is 35.5. The van der Waals surface area contributed by atoms with Gasteiger partial charge in [-0.05, 0) is 69.6 Å². The molecule has 2 atom stereocenters. The maximum absolute atomic E-state index is 14.2. The first-order valence-electron chi connectivity index (χ1n) is 14.2. The third-order valence-corrected chi connectivity index (χ3v) is 8.44. The highest BCUT2D eigenvalue weighted by Crippen LogP contribution is 2.33. The second-order valence-electron chi connectivity index (χ2n) is 10.8. The molecule has 2 aliphatic heterocycles. The van der Waals surface area contributed by atoms with E-state index in [1.165, 1.54) is 13.2 Å². The van der Waals surface area contributed by atoms with Gasteiger partial charge in [-0.1, -0.05) is 23.7 Å². The summed E-state index contributed by atoms with van der Waals surface area (Å²) >= 11 is 5.86. The molecule has 1 aromatic carbocycles. The Morgan fingerprint density at radius 2 is 1.93 bits per heavy atom. The van der Waals surface area contributed by atoms with E-state index in [-0.39, 0.29) is 30.4 Å². The van der Waals surface area contributed by atoms with Gasteiger partial charge in [-0.15, -0.1) is 0 Å². The van der Waals surface area contributed by atoms with Crippen LogP contribution in [0, 0.1) is 5.82 Å². The zero-order valence-corrected chi connectivity index (χ0v) is 24.4. The lowest BCUT2D eigenvalue weighted by Gasteiger charge is -2.36. The molecule has 4 aromatic rings. The van der Waals surface area contributed by atoms with Crippen molar-refractivity contribution in [3.05, 3.63) is 82.1 Å². The molecule has 0 saturated carbocycles. The van der Waals surface area contributed by atoms with Crippen LogP contribution in [-0.2, 0) is 22.6 Å². The number of ether oxygens (including phenoxy) is 3. The van der Waals surface area contributed by atoms with Gasteiger partial charge in [0.2, 0.25) is 5.88 Å². The molecule has 0 unspecified atom stereocenters. The number of hydrogen-bond donors (Lipinski definition) is 0. The number of benzene rings is 1. The minimum absolute atomic E-state index is 0.0405. The first kappa shape index (κ1) is 28.5. The first-order valence-corrected chi connectivity index (χ1v) is 14.6. The van der Waals surface area contributed by atoms with Crippen LogP contribution in [0.1, 0.15) is 65.7 Å². The molecule has 5 heterocycles. The summed E-state index contributed by atoms with van der Waals surface area (Å²) in [6, 6.07) is 13.8. The van der Waals surface area contributed by atoms with Crippen LogP contribution >= 0.6 is 11.6 Å². The first-order chi connectivity index (χ1) is 20.4. The molecule has 0 aliphatic carbocycles. The van der Waals surface area contributed by atoms with E-state index in [0.717, 1.165) is 56.0 Å². The number of esters is 1. The molecule has 2 fully saturated rings. The van der Waals surface area contributed by atoms with Crippen LogP contribution in [0.3, 0.4) is 0 Å². The van der Waals surface area contributed by atoms with Gasteiger partial charge in [-0.3, -0.25) is 4.90 Å². The van der Waals surface area contributed by atoms with Crippen molar-refractivity contribution >= 4 is 28.7 Å². The quantitative estimate of drug-likeness (QED) is 0.228. The van der Waals surface area contributed by atoms with Gasteiger partial charge in [0.25, 0.3) is 0 Å². The molecule has 9 nitrogen and oxygen atoms in total. The maximum Gasteiger partial charge on any atom is 0.356 e. The number of pyridine rings is 2. The fourth-order valence-corrected chi connectivity index (χ4v) is 5.80. The monoisotopic (exact) mass is 593 g/mol. The van der Waals surface area contributed by atoms with Crippen molar-refractivity contribution < 1.29 is 23.4 Å². The highest BCUT2D eigenvalue weighted by molar-refractivity contribution is 6.30. The number of aromatic nitrogens is 4. The molecule has 0 spiro atoms. The number of imidazole rings is 1. The lowest BCUT2D eigenvalue weighted by atomic mass is 9.92. The minimum Gasteiger partial charge on any atom is -0.473 e. The number of piperidine rings is 1. The zero-order chi connectivity index (χ0) is 29.2. The van der Waals surface area contributed by atoms with Crippen molar-refractivity contribution in [1.82, 2.24) is 24.4 Å². The summed E-state index contributed by atoms with van der Waals surface area (Å²) in [5.74, 6) is 0.811. The average Bonchev–Trinajstić information content (AvgIpc) is 3.35. The van der Waals surface area contributed by atoms with Crippen LogP contribution in [0.4, 0.5) is 4.39 Å². The highest BCUT2D eigenvalue weighted by Gasteiger charge is 2.30. The Labute approximate surface area is 248 Å². The van der Waals surface area contributed by atoms with E-state index in [9.17, 15) is 9.18 Å². The fraction of sp³-hybridized carbons (Fsp3) is 0.419. The minimum atomic E-state index is -0.471. The van der Waals surface area contributed by atoms with E-state index < -0.39 is 11.8 Å². The van der Waals surface area contributed by atoms with Crippen molar-refractivity contribution in [2.24, 2.45) is 0 Å². The Morgan fingerprint density at radius 1 is 1.12 bits per heavy atom. The van der Waals surface area contributed by atoms with Crippen LogP contribution in [-0.4, -0.2) is 63.3 Å². The third kappa shape index (κ3) is 5.97. The van der Waals surface area contributed by atoms with E-state index in [0.29, 0.717) is 28.7 Å². The van der Waals surface area contributed by atoms with E-state index in [1.54, 1.807) is 24.3 Å². The molecule has 2 aliphatic rings. The molecule has 0 N–H and O–H groups in total. The smallest absolute Gasteiger partial charge is 0.356 e. The molecule has 0 radical (unpaired) electrons. The summed E-state index contributed by atoms with van der Waals surface area (Å²) in [5.41, 5.74) is 3.09. The standard InChI is InChI=1S/C31H33ClFN5O4/c1-19(29-35-26-8-9-27(31(39)40-2)36-30(26)38(29)17-23-12-15-41-23)37-13-10-20(11-14-37)25-4-3-5-28(34-25)42-18-21-6-7-22(32)16-24(21)33/h3-9,16,19-20,23H,10-15,17-18H2,1-2H3/t19-,23-/m0/s1. The van der Waals surface area contributed by atoms with Crippen LogP contribution in [0.25, 0.3) is 11.2 Å². The largest absolute Gasteiger partial charge is 0.473 e. The summed E-state index contributed by atoms with van der Waals surface area (Å²) in [5, 5.41) is 0.353. The van der Waals surface area contributed by atoms with Crippen molar-refractivity contribution in [1.29, 1.82) is 0 Å². The van der Waals surface area contributed by atoms with Gasteiger partial charge in [0.1, 0.15) is 23.8 Å². The van der Waals surface area contributed by atoms with Gasteiger partial charge >= 0.3 is 5.97 Å². The third-order valence-electron chi connectivity index (χ3n) is 8.20. The van der Waals surface area contributed by atoms with Gasteiger partial charge in [0, 0.05) is 34.9 Å². The lowest BCUT2D eigenvalue weighted by molar-refractivity contribution is -0.0595. The molecule has 11 heteroatoms. The summed E-state index contributed by atoms with van der Waals surface area (Å²) in [6.45, 7) is 5.40. The molecule has 6 rings (SSSR count). The summed E-state index contributed by atoms with van der Waals surface area (Å²) in [4.78, 5) is 28.9. The van der Waals surface area contributed by atoms with Gasteiger partial charge in [0.15, 0.2) is 11.3 Å². The number of hydrogen-bond acceptors (Lipinski definition) is 8. The SMILES string of the molecule is COC(=O)c1ccc2nc([C@H](C)N3CCC(c4cccc(OCc5ccc(Cl)cc5F)n4)CC3)n(C[C@@H]3CCO3)c2n1. The maximum atomic E-state index is 14.2. The number of nitrogens with zero attached hydrogens (tertiary/aromatic N) is 5. The predicted molar refractivity (Wildman–Crippen MR) is 155 cm³/mol. The number of rotatable bonds is 9. The number of methoxy groups -OCH3 is 1. The predicted octanol–water partition coefficient (Wildman–Crippen LogP) is 5.71. The fourth-order valence-electron chi connectivity index (χ4n) is 5.64. The second kappa shape index (κ2) is 12.3. The molecule has 2 saturated heterocycles. The van der Waals surface area contributed by atoms with E-state index in [4.69, 9.17) is 35.8 Å². The molecule has 3 aromatic heterocycles. The van der Waals surface area contributed by atoms with Crippen molar-refractivity contribution in [3.8, 4) is 5.88 Å². The zero-order valence-electron chi connectivity index (χ0n) is 23.6. The number of carbonyl (C=O) groups is 1. The summed E-state index contributed by atoms with van der Waals surface area (Å²) in [7, 11) is 1.35. The summed E-state index contributed by atoms with van der Waals surface area (Å²) in [6.07, 6.45) is 2.96. The molecule has 220 valence electrons. The van der Waals surface area contributed by atoms with Crippen LogP contribution < -0.4 is 4.74 Å². The molecule has 0 amide bonds. The lowest BCUT2D eigenvalue weighted by Crippen LogP contribution is -2.37. The van der Waals surface area contributed by atoms with Crippen LogP contribution in [0.15, 0.2) is 48.5 Å². The second-order valence-corrected chi connectivity index (χ2v) is 11.2. The Hall–Kier alpha value is -3.60. The average molecular weight is 594 g/mol. The topological polar surface area (TPSA) is 91.6 Å². The number of likely N-dealkylation sites (tertiary alicyclic amines) is 1. The number of fused-ring (bicyclic) bond motifs is 1. The molecule has 42 heavy (non-hydrogen) atoms.